The number of halogens is 1. The number of nitriles is 1. The molecule has 0 radical (unpaired) electrons. The summed E-state index contributed by atoms with van der Waals surface area (Å²) in [6.45, 7) is 5.46. The molecular weight excluding hydrogens is 366 g/mol. The smallest absolute Gasteiger partial charge is 0.338 e. The van der Waals surface area contributed by atoms with Crippen molar-refractivity contribution in [2.75, 3.05) is 6.61 Å². The largest absolute Gasteiger partial charge is 0.463 e. The molecule has 6 nitrogen and oxygen atoms in total. The molecule has 1 aromatic heterocycles. The highest BCUT2D eigenvalue weighted by Gasteiger charge is 2.37. The first-order valence-electron chi connectivity index (χ1n) is 8.39. The number of benzene rings is 1. The third-order valence-electron chi connectivity index (χ3n) is 4.37. The number of carbonyl (C=O) groups is 1. The molecule has 3 rings (SSSR count). The van der Waals surface area contributed by atoms with E-state index in [-0.39, 0.29) is 34.5 Å². The second-order valence-corrected chi connectivity index (χ2v) is 6.54. The quantitative estimate of drug-likeness (QED) is 0.638. The number of allylic oxidation sites excluding steroid dienone is 2. The van der Waals surface area contributed by atoms with Crippen molar-refractivity contribution in [3.63, 3.8) is 0 Å². The maximum atomic E-state index is 12.6. The molecule has 7 heteroatoms. The normalized spacial score (nSPS) is 16.9. The Bertz CT molecular complexity index is 1050. The van der Waals surface area contributed by atoms with Crippen molar-refractivity contribution in [2.24, 2.45) is 5.73 Å². The van der Waals surface area contributed by atoms with Crippen LogP contribution in [0.25, 0.3) is 10.9 Å². The van der Waals surface area contributed by atoms with E-state index >= 15 is 0 Å². The lowest BCUT2D eigenvalue weighted by molar-refractivity contribution is -0.139. The summed E-state index contributed by atoms with van der Waals surface area (Å²) in [7, 11) is 0. The van der Waals surface area contributed by atoms with Gasteiger partial charge in [-0.05, 0) is 38.5 Å². The van der Waals surface area contributed by atoms with Gasteiger partial charge in [-0.3, -0.25) is 0 Å². The highest BCUT2D eigenvalue weighted by molar-refractivity contribution is 6.30. The van der Waals surface area contributed by atoms with E-state index < -0.39 is 11.9 Å². The van der Waals surface area contributed by atoms with Crippen LogP contribution in [0.3, 0.4) is 0 Å². The van der Waals surface area contributed by atoms with E-state index in [1.54, 1.807) is 13.8 Å². The minimum atomic E-state index is -0.812. The van der Waals surface area contributed by atoms with Crippen LogP contribution in [0.4, 0.5) is 0 Å². The number of carbonyl (C=O) groups excluding carboxylic acids is 1. The predicted octanol–water partition coefficient (Wildman–Crippen LogP) is 3.84. The first-order valence-corrected chi connectivity index (χ1v) is 8.77. The van der Waals surface area contributed by atoms with E-state index in [9.17, 15) is 10.1 Å². The van der Waals surface area contributed by atoms with Gasteiger partial charge < -0.3 is 15.2 Å². The lowest BCUT2D eigenvalue weighted by Crippen LogP contribution is -2.25. The maximum absolute atomic E-state index is 12.6. The van der Waals surface area contributed by atoms with Gasteiger partial charge in [0.2, 0.25) is 5.88 Å². The number of esters is 1. The van der Waals surface area contributed by atoms with Gasteiger partial charge in [-0.25, -0.2) is 9.78 Å². The summed E-state index contributed by atoms with van der Waals surface area (Å²) in [4.78, 5) is 17.0. The van der Waals surface area contributed by atoms with Crippen molar-refractivity contribution in [3.8, 4) is 6.07 Å². The van der Waals surface area contributed by atoms with Crippen LogP contribution >= 0.6 is 11.6 Å². The third-order valence-corrected chi connectivity index (χ3v) is 4.67. The molecule has 2 aromatic rings. The molecule has 2 N–H and O–H groups in total. The zero-order valence-electron chi connectivity index (χ0n) is 15.2. The van der Waals surface area contributed by atoms with Gasteiger partial charge in [0.05, 0.1) is 23.6 Å². The van der Waals surface area contributed by atoms with Crippen LogP contribution in [0, 0.1) is 18.3 Å². The second-order valence-electron chi connectivity index (χ2n) is 6.18. The first kappa shape index (κ1) is 18.7. The standard InChI is InChI=1S/C20H18ClN3O3/c1-4-26-20(25)16-11(3)27-19(23)14(9-22)17(16)13-8-12-6-5-10(2)7-15(12)24-18(13)21/h5-8,17H,4,23H2,1-3H3. The van der Waals surface area contributed by atoms with Crippen LogP contribution in [0.15, 0.2) is 47.1 Å². The molecule has 1 aliphatic heterocycles. The molecular formula is C20H18ClN3O3. The van der Waals surface area contributed by atoms with Crippen LogP contribution < -0.4 is 5.73 Å². The molecule has 0 saturated carbocycles. The molecule has 0 fully saturated rings. The van der Waals surface area contributed by atoms with Gasteiger partial charge in [0, 0.05) is 10.9 Å². The fraction of sp³-hybridized carbons (Fsp3) is 0.250. The van der Waals surface area contributed by atoms with Crippen molar-refractivity contribution in [3.05, 3.63) is 63.3 Å². The Morgan fingerprint density at radius 2 is 2.15 bits per heavy atom. The molecule has 1 atom stereocenters. The van der Waals surface area contributed by atoms with Crippen molar-refractivity contribution >= 4 is 28.5 Å². The summed E-state index contributed by atoms with van der Waals surface area (Å²) < 4.78 is 10.6. The van der Waals surface area contributed by atoms with Gasteiger partial charge >= 0.3 is 5.97 Å². The van der Waals surface area contributed by atoms with Gasteiger partial charge in [0.15, 0.2) is 0 Å². The highest BCUT2D eigenvalue weighted by Crippen LogP contribution is 2.42. The number of aromatic nitrogens is 1. The van der Waals surface area contributed by atoms with E-state index in [0.717, 1.165) is 16.5 Å². The summed E-state index contributed by atoms with van der Waals surface area (Å²) in [5.41, 5.74) is 8.48. The minimum absolute atomic E-state index is 0.0619. The Morgan fingerprint density at radius 1 is 1.41 bits per heavy atom. The first-order chi connectivity index (χ1) is 12.9. The SMILES string of the molecule is CCOC(=O)C1=C(C)OC(N)=C(C#N)C1c1cc2ccc(C)cc2nc1Cl. The molecule has 0 bridgehead atoms. The van der Waals surface area contributed by atoms with Gasteiger partial charge in [-0.15, -0.1) is 0 Å². The number of fused-ring (bicyclic) bond motifs is 1. The zero-order chi connectivity index (χ0) is 19.7. The molecule has 1 aliphatic rings. The molecule has 138 valence electrons. The fourth-order valence-corrected chi connectivity index (χ4v) is 3.39. The summed E-state index contributed by atoms with van der Waals surface area (Å²) in [6, 6.07) is 9.63. The van der Waals surface area contributed by atoms with Crippen LogP contribution in [0.1, 0.15) is 30.9 Å². The monoisotopic (exact) mass is 383 g/mol. The zero-order valence-corrected chi connectivity index (χ0v) is 15.9. The summed E-state index contributed by atoms with van der Waals surface area (Å²) in [5.74, 6) is -1.18. The van der Waals surface area contributed by atoms with Crippen LogP contribution in [0.2, 0.25) is 5.15 Å². The number of aryl methyl sites for hydroxylation is 1. The molecule has 0 aliphatic carbocycles. The maximum Gasteiger partial charge on any atom is 0.338 e. The van der Waals surface area contributed by atoms with Gasteiger partial charge in [0.1, 0.15) is 22.6 Å². The Hall–Kier alpha value is -3.04. The van der Waals surface area contributed by atoms with E-state index in [1.807, 2.05) is 37.3 Å². The van der Waals surface area contributed by atoms with Crippen molar-refractivity contribution in [1.82, 2.24) is 4.98 Å². The number of nitrogens with zero attached hydrogens (tertiary/aromatic N) is 2. The number of hydrogen-bond donors (Lipinski definition) is 1. The molecule has 0 amide bonds. The molecule has 27 heavy (non-hydrogen) atoms. The number of ether oxygens (including phenoxy) is 2. The van der Waals surface area contributed by atoms with E-state index in [2.05, 4.69) is 4.98 Å². The lowest BCUT2D eigenvalue weighted by atomic mass is 9.83. The van der Waals surface area contributed by atoms with Crippen LogP contribution in [0.5, 0.6) is 0 Å². The molecule has 2 heterocycles. The molecule has 0 saturated heterocycles. The summed E-state index contributed by atoms with van der Waals surface area (Å²) in [6.07, 6.45) is 0. The van der Waals surface area contributed by atoms with E-state index in [1.165, 1.54) is 0 Å². The van der Waals surface area contributed by atoms with E-state index in [4.69, 9.17) is 26.8 Å². The second kappa shape index (κ2) is 7.29. The Morgan fingerprint density at radius 3 is 2.81 bits per heavy atom. The van der Waals surface area contributed by atoms with Gasteiger partial charge in [-0.2, -0.15) is 5.26 Å². The number of pyridine rings is 1. The van der Waals surface area contributed by atoms with Crippen molar-refractivity contribution < 1.29 is 14.3 Å². The average Bonchev–Trinajstić information content (AvgIpc) is 2.60. The summed E-state index contributed by atoms with van der Waals surface area (Å²) in [5, 5.41) is 10.7. The van der Waals surface area contributed by atoms with Crippen LogP contribution in [-0.4, -0.2) is 17.6 Å². The minimum Gasteiger partial charge on any atom is -0.463 e. The average molecular weight is 384 g/mol. The predicted molar refractivity (Wildman–Crippen MR) is 101 cm³/mol. The Balaban J connectivity index is 2.26. The van der Waals surface area contributed by atoms with Crippen LogP contribution in [-0.2, 0) is 14.3 Å². The Kier molecular flexibility index (Phi) is 5.06. The van der Waals surface area contributed by atoms with Gasteiger partial charge in [0.25, 0.3) is 0 Å². The number of nitrogens with two attached hydrogens (primary N) is 1. The summed E-state index contributed by atoms with van der Waals surface area (Å²) >= 11 is 6.45. The Labute approximate surface area is 161 Å². The third kappa shape index (κ3) is 3.34. The number of rotatable bonds is 3. The highest BCUT2D eigenvalue weighted by atomic mass is 35.5. The van der Waals surface area contributed by atoms with E-state index in [0.29, 0.717) is 5.56 Å². The number of hydrogen-bond acceptors (Lipinski definition) is 6. The molecule has 0 spiro atoms. The van der Waals surface area contributed by atoms with Gasteiger partial charge in [-0.1, -0.05) is 23.7 Å². The van der Waals surface area contributed by atoms with Crippen molar-refractivity contribution in [1.29, 1.82) is 5.26 Å². The molecule has 1 unspecified atom stereocenters. The van der Waals surface area contributed by atoms with Crippen molar-refractivity contribution in [2.45, 2.75) is 26.7 Å². The topological polar surface area (TPSA) is 98.2 Å². The lowest BCUT2D eigenvalue weighted by Gasteiger charge is -2.27. The molecule has 1 aromatic carbocycles. The fourth-order valence-electron chi connectivity index (χ4n) is 3.14.